The fourth-order valence-electron chi connectivity index (χ4n) is 3.63. The molecule has 38 heavy (non-hydrogen) atoms. The SMILES string of the molecule is Cc1c(NC(=O)c2cc(C(F)(F)F)nc3c(Cl)cc(Cl)cc23)c(C(F)(F)F)nn1Cc1ccc(F)cc1F. The van der Waals surface area contributed by atoms with Gasteiger partial charge in [-0.2, -0.15) is 31.4 Å². The second-order valence-electron chi connectivity index (χ2n) is 7.99. The Balaban J connectivity index is 1.83. The van der Waals surface area contributed by atoms with Crippen molar-refractivity contribution < 1.29 is 39.9 Å². The Morgan fingerprint density at radius 1 is 1.00 bits per heavy atom. The molecule has 0 aliphatic carbocycles. The Hall–Kier alpha value is -3.45. The molecule has 4 rings (SSSR count). The van der Waals surface area contributed by atoms with Crippen LogP contribution in [0.25, 0.3) is 10.9 Å². The summed E-state index contributed by atoms with van der Waals surface area (Å²) >= 11 is 11.9. The van der Waals surface area contributed by atoms with Crippen LogP contribution in [0, 0.1) is 18.6 Å². The van der Waals surface area contributed by atoms with Crippen LogP contribution in [-0.4, -0.2) is 20.7 Å². The summed E-state index contributed by atoms with van der Waals surface area (Å²) in [4.78, 5) is 16.5. The van der Waals surface area contributed by atoms with E-state index in [0.717, 1.165) is 31.2 Å². The van der Waals surface area contributed by atoms with Gasteiger partial charge in [-0.1, -0.05) is 29.3 Å². The highest BCUT2D eigenvalue weighted by Crippen LogP contribution is 2.38. The first-order valence-corrected chi connectivity index (χ1v) is 11.1. The third-order valence-corrected chi connectivity index (χ3v) is 5.92. The van der Waals surface area contributed by atoms with Crippen LogP contribution in [0.5, 0.6) is 0 Å². The number of hydrogen-bond acceptors (Lipinski definition) is 3. The molecule has 0 spiro atoms. The molecule has 1 amide bonds. The largest absolute Gasteiger partial charge is 0.437 e. The number of amides is 1. The number of fused-ring (bicyclic) bond motifs is 1. The highest BCUT2D eigenvalue weighted by molar-refractivity contribution is 6.39. The Morgan fingerprint density at radius 2 is 1.68 bits per heavy atom. The number of aromatic nitrogens is 3. The summed E-state index contributed by atoms with van der Waals surface area (Å²) in [6, 6.07) is 4.96. The van der Waals surface area contributed by atoms with Gasteiger partial charge < -0.3 is 5.32 Å². The van der Waals surface area contributed by atoms with E-state index in [1.54, 1.807) is 0 Å². The number of nitrogens with zero attached hydrogens (tertiary/aromatic N) is 3. The Bertz CT molecular complexity index is 1580. The minimum absolute atomic E-state index is 0.0700. The van der Waals surface area contributed by atoms with Crippen molar-refractivity contribution in [3.63, 3.8) is 0 Å². The fraction of sp³-hybridized carbons (Fsp3) is 0.174. The van der Waals surface area contributed by atoms with Gasteiger partial charge >= 0.3 is 12.4 Å². The highest BCUT2D eigenvalue weighted by Gasteiger charge is 2.40. The molecule has 1 N–H and O–H groups in total. The van der Waals surface area contributed by atoms with Gasteiger partial charge in [-0.3, -0.25) is 9.48 Å². The van der Waals surface area contributed by atoms with Gasteiger partial charge in [-0.25, -0.2) is 13.8 Å². The van der Waals surface area contributed by atoms with Crippen LogP contribution >= 0.6 is 23.2 Å². The maximum Gasteiger partial charge on any atom is 0.437 e. The van der Waals surface area contributed by atoms with E-state index in [4.69, 9.17) is 23.2 Å². The van der Waals surface area contributed by atoms with Crippen molar-refractivity contribution in [2.24, 2.45) is 0 Å². The summed E-state index contributed by atoms with van der Waals surface area (Å²) in [7, 11) is 0. The van der Waals surface area contributed by atoms with Crippen LogP contribution in [0.15, 0.2) is 36.4 Å². The second-order valence-corrected chi connectivity index (χ2v) is 8.83. The topological polar surface area (TPSA) is 59.8 Å². The predicted molar refractivity (Wildman–Crippen MR) is 122 cm³/mol. The maximum absolute atomic E-state index is 14.1. The van der Waals surface area contributed by atoms with Crippen molar-refractivity contribution in [1.82, 2.24) is 14.8 Å². The van der Waals surface area contributed by atoms with E-state index < -0.39 is 64.6 Å². The Morgan fingerprint density at radius 3 is 2.29 bits per heavy atom. The van der Waals surface area contributed by atoms with Gasteiger partial charge in [0.05, 0.1) is 34.0 Å². The van der Waals surface area contributed by atoms with Crippen LogP contribution in [0.3, 0.4) is 0 Å². The number of nitrogens with one attached hydrogen (secondary N) is 1. The monoisotopic (exact) mass is 582 g/mol. The summed E-state index contributed by atoms with van der Waals surface area (Å²) < 4.78 is 110. The van der Waals surface area contributed by atoms with Gasteiger partial charge in [-0.15, -0.1) is 0 Å². The summed E-state index contributed by atoms with van der Waals surface area (Å²) in [6.07, 6.45) is -10.1. The third kappa shape index (κ3) is 5.39. The first kappa shape index (κ1) is 27.6. The van der Waals surface area contributed by atoms with Crippen LogP contribution in [0.1, 0.15) is 33.0 Å². The summed E-state index contributed by atoms with van der Waals surface area (Å²) in [5.74, 6) is -3.33. The van der Waals surface area contributed by atoms with Crippen molar-refractivity contribution in [3.05, 3.63) is 86.3 Å². The molecule has 5 nitrogen and oxygen atoms in total. The Labute approximate surface area is 218 Å². The van der Waals surface area contributed by atoms with Gasteiger partial charge in [0.25, 0.3) is 5.91 Å². The number of benzene rings is 2. The molecule has 0 saturated carbocycles. The molecule has 2 aromatic heterocycles. The molecule has 0 bridgehead atoms. The number of anilines is 1. The summed E-state index contributed by atoms with van der Waals surface area (Å²) in [6.45, 7) is 0.553. The molecule has 4 aromatic rings. The lowest BCUT2D eigenvalue weighted by Gasteiger charge is -2.14. The number of hydrogen-bond donors (Lipinski definition) is 1. The van der Waals surface area contributed by atoms with Crippen molar-refractivity contribution in [3.8, 4) is 0 Å². The summed E-state index contributed by atoms with van der Waals surface area (Å²) in [5, 5.41) is 4.73. The first-order valence-electron chi connectivity index (χ1n) is 10.3. The quantitative estimate of drug-likeness (QED) is 0.251. The van der Waals surface area contributed by atoms with E-state index in [0.29, 0.717) is 16.8 Å². The predicted octanol–water partition coefficient (Wildman–Crippen LogP) is 7.66. The molecule has 2 heterocycles. The van der Waals surface area contributed by atoms with Crippen molar-refractivity contribution in [2.45, 2.75) is 25.8 Å². The van der Waals surface area contributed by atoms with E-state index in [2.05, 4.69) is 10.1 Å². The lowest BCUT2D eigenvalue weighted by molar-refractivity contribution is -0.141. The zero-order chi connectivity index (χ0) is 28.2. The van der Waals surface area contributed by atoms with Gasteiger partial charge in [0.15, 0.2) is 5.69 Å². The van der Waals surface area contributed by atoms with E-state index in [1.165, 1.54) is 0 Å². The molecule has 0 aliphatic heterocycles. The zero-order valence-electron chi connectivity index (χ0n) is 18.7. The number of carbonyl (C=O) groups is 1. The molecule has 0 aliphatic rings. The van der Waals surface area contributed by atoms with Crippen LogP contribution in [0.2, 0.25) is 10.0 Å². The minimum atomic E-state index is -5.12. The van der Waals surface area contributed by atoms with Gasteiger partial charge in [0.2, 0.25) is 0 Å². The lowest BCUT2D eigenvalue weighted by Crippen LogP contribution is -2.19. The van der Waals surface area contributed by atoms with Crippen molar-refractivity contribution in [1.29, 1.82) is 0 Å². The number of carbonyl (C=O) groups excluding carboxylic acids is 1. The molecule has 0 saturated heterocycles. The highest BCUT2D eigenvalue weighted by atomic mass is 35.5. The molecule has 200 valence electrons. The minimum Gasteiger partial charge on any atom is -0.319 e. The van der Waals surface area contributed by atoms with E-state index >= 15 is 0 Å². The molecule has 0 radical (unpaired) electrons. The van der Waals surface area contributed by atoms with E-state index in [9.17, 15) is 39.9 Å². The molecule has 15 heteroatoms. The molecule has 0 fully saturated rings. The summed E-state index contributed by atoms with van der Waals surface area (Å²) in [5.41, 5.74) is -5.66. The van der Waals surface area contributed by atoms with Crippen molar-refractivity contribution >= 4 is 45.7 Å². The number of halogens is 10. The standard InChI is InChI=1S/C23H12Cl2F8N4O/c1-9-18(20(23(31,32)33)36-37(9)8-10-2-3-12(26)6-16(10)27)35-21(38)14-7-17(22(28,29)30)34-19-13(14)4-11(24)5-15(19)25/h2-7H,8H2,1H3,(H,35,38). The normalized spacial score (nSPS) is 12.3. The van der Waals surface area contributed by atoms with E-state index in [-0.39, 0.29) is 26.7 Å². The molecule has 0 unspecified atom stereocenters. The average Bonchev–Trinajstić information content (AvgIpc) is 3.09. The lowest BCUT2D eigenvalue weighted by atomic mass is 10.1. The van der Waals surface area contributed by atoms with Crippen LogP contribution < -0.4 is 5.32 Å². The molecule has 0 atom stereocenters. The zero-order valence-corrected chi connectivity index (χ0v) is 20.2. The maximum atomic E-state index is 14.1. The second kappa shape index (κ2) is 9.70. The third-order valence-electron chi connectivity index (χ3n) is 5.42. The molecule has 2 aromatic carbocycles. The Kier molecular flexibility index (Phi) is 7.04. The van der Waals surface area contributed by atoms with E-state index in [1.807, 2.05) is 5.32 Å². The van der Waals surface area contributed by atoms with Crippen molar-refractivity contribution in [2.75, 3.05) is 5.32 Å². The smallest absolute Gasteiger partial charge is 0.319 e. The molecular formula is C23H12Cl2F8N4O. The van der Waals surface area contributed by atoms with Gasteiger partial charge in [0.1, 0.15) is 17.3 Å². The first-order chi connectivity index (χ1) is 17.6. The van der Waals surface area contributed by atoms with Gasteiger partial charge in [0, 0.05) is 22.0 Å². The average molecular weight is 583 g/mol. The molecular weight excluding hydrogens is 571 g/mol. The van der Waals surface area contributed by atoms with Crippen LogP contribution in [0.4, 0.5) is 40.8 Å². The van der Waals surface area contributed by atoms with Crippen LogP contribution in [-0.2, 0) is 18.9 Å². The number of pyridine rings is 1. The number of alkyl halides is 6. The van der Waals surface area contributed by atoms with Gasteiger partial charge in [-0.05, 0) is 31.2 Å². The fourth-order valence-corrected chi connectivity index (χ4v) is 4.16. The number of rotatable bonds is 4.